The molecule has 1 aromatic heterocycles. The van der Waals surface area contributed by atoms with E-state index in [-0.39, 0.29) is 0 Å². The molecule has 0 bridgehead atoms. The zero-order valence-corrected chi connectivity index (χ0v) is 12.4. The van der Waals surface area contributed by atoms with Gasteiger partial charge in [-0.05, 0) is 6.92 Å². The standard InChI is InChI=1S/C21H16O/c1-15-11-13-17(14-12-15)21-19-10-6-5-9-18(19)20(22-21)16-7-3-2-4-8-16/h2-14H,1H3. The van der Waals surface area contributed by atoms with Crippen LogP contribution in [0, 0.1) is 6.92 Å². The summed E-state index contributed by atoms with van der Waals surface area (Å²) in [5.74, 6) is 1.88. The summed E-state index contributed by atoms with van der Waals surface area (Å²) in [5.41, 5.74) is 3.48. The van der Waals surface area contributed by atoms with Gasteiger partial charge in [-0.25, -0.2) is 0 Å². The molecule has 4 rings (SSSR count). The van der Waals surface area contributed by atoms with Gasteiger partial charge in [-0.15, -0.1) is 0 Å². The fraction of sp³-hybridized carbons (Fsp3) is 0.0476. The Labute approximate surface area is 129 Å². The van der Waals surface area contributed by atoms with Crippen molar-refractivity contribution in [1.29, 1.82) is 0 Å². The van der Waals surface area contributed by atoms with Gasteiger partial charge in [-0.1, -0.05) is 84.4 Å². The van der Waals surface area contributed by atoms with Crippen LogP contribution in [0.15, 0.2) is 83.3 Å². The Morgan fingerprint density at radius 1 is 0.545 bits per heavy atom. The van der Waals surface area contributed by atoms with E-state index in [0.717, 1.165) is 33.4 Å². The van der Waals surface area contributed by atoms with Gasteiger partial charge < -0.3 is 4.42 Å². The number of rotatable bonds is 2. The summed E-state index contributed by atoms with van der Waals surface area (Å²) in [7, 11) is 0. The molecule has 0 unspecified atom stereocenters. The smallest absolute Gasteiger partial charge is 0.142 e. The Bertz CT molecular complexity index is 915. The van der Waals surface area contributed by atoms with Crippen LogP contribution in [0.4, 0.5) is 0 Å². The first-order valence-corrected chi connectivity index (χ1v) is 7.47. The molecule has 1 nitrogen and oxygen atoms in total. The van der Waals surface area contributed by atoms with E-state index in [1.165, 1.54) is 5.56 Å². The molecule has 3 aromatic carbocycles. The van der Waals surface area contributed by atoms with E-state index in [1.54, 1.807) is 0 Å². The van der Waals surface area contributed by atoms with Gasteiger partial charge >= 0.3 is 0 Å². The summed E-state index contributed by atoms with van der Waals surface area (Å²) in [6, 6.07) is 27.1. The van der Waals surface area contributed by atoms with Crippen LogP contribution >= 0.6 is 0 Å². The maximum Gasteiger partial charge on any atom is 0.142 e. The van der Waals surface area contributed by atoms with E-state index in [2.05, 4.69) is 67.6 Å². The molecule has 0 spiro atoms. The highest BCUT2D eigenvalue weighted by Gasteiger charge is 2.15. The monoisotopic (exact) mass is 284 g/mol. The Kier molecular flexibility index (Phi) is 3.05. The summed E-state index contributed by atoms with van der Waals surface area (Å²) in [6.07, 6.45) is 0. The number of furan rings is 1. The predicted octanol–water partition coefficient (Wildman–Crippen LogP) is 6.08. The molecule has 0 N–H and O–H groups in total. The van der Waals surface area contributed by atoms with Crippen LogP contribution < -0.4 is 0 Å². The Hall–Kier alpha value is -2.80. The Balaban J connectivity index is 1.99. The maximum atomic E-state index is 6.28. The summed E-state index contributed by atoms with van der Waals surface area (Å²) in [5, 5.41) is 2.31. The molecular weight excluding hydrogens is 268 g/mol. The predicted molar refractivity (Wildman–Crippen MR) is 91.8 cm³/mol. The van der Waals surface area contributed by atoms with E-state index < -0.39 is 0 Å². The number of benzene rings is 3. The van der Waals surface area contributed by atoms with E-state index in [4.69, 9.17) is 4.42 Å². The van der Waals surface area contributed by atoms with Crippen LogP contribution in [-0.2, 0) is 0 Å². The zero-order chi connectivity index (χ0) is 14.9. The van der Waals surface area contributed by atoms with Gasteiger partial charge in [0.05, 0.1) is 0 Å². The minimum absolute atomic E-state index is 0.937. The van der Waals surface area contributed by atoms with E-state index in [0.29, 0.717) is 0 Å². The minimum atomic E-state index is 0.937. The van der Waals surface area contributed by atoms with Gasteiger partial charge in [0.1, 0.15) is 11.5 Å². The average molecular weight is 284 g/mol. The highest BCUT2D eigenvalue weighted by molar-refractivity contribution is 6.02. The molecule has 0 aliphatic carbocycles. The second kappa shape index (κ2) is 5.19. The van der Waals surface area contributed by atoms with Crippen molar-refractivity contribution in [2.24, 2.45) is 0 Å². The van der Waals surface area contributed by atoms with E-state index in [9.17, 15) is 0 Å². The lowest BCUT2D eigenvalue weighted by molar-refractivity contribution is 0.602. The summed E-state index contributed by atoms with van der Waals surface area (Å²) < 4.78 is 6.28. The molecule has 22 heavy (non-hydrogen) atoms. The molecule has 0 aliphatic heterocycles. The van der Waals surface area contributed by atoms with Crippen LogP contribution in [0.1, 0.15) is 5.56 Å². The van der Waals surface area contributed by atoms with Crippen molar-refractivity contribution in [2.45, 2.75) is 6.92 Å². The number of fused-ring (bicyclic) bond motifs is 1. The van der Waals surface area contributed by atoms with Crippen molar-refractivity contribution in [3.8, 4) is 22.6 Å². The normalized spacial score (nSPS) is 11.0. The first-order chi connectivity index (χ1) is 10.8. The molecule has 0 radical (unpaired) electrons. The molecule has 4 aromatic rings. The lowest BCUT2D eigenvalue weighted by atomic mass is 10.0. The third-order valence-corrected chi connectivity index (χ3v) is 3.97. The van der Waals surface area contributed by atoms with Gasteiger partial charge in [-0.2, -0.15) is 0 Å². The van der Waals surface area contributed by atoms with Crippen LogP contribution in [0.25, 0.3) is 33.4 Å². The maximum absolute atomic E-state index is 6.28. The summed E-state index contributed by atoms with van der Waals surface area (Å²) in [4.78, 5) is 0. The third-order valence-electron chi connectivity index (χ3n) is 3.97. The summed E-state index contributed by atoms with van der Waals surface area (Å²) >= 11 is 0. The molecule has 0 fully saturated rings. The molecule has 0 saturated carbocycles. The fourth-order valence-electron chi connectivity index (χ4n) is 2.81. The van der Waals surface area contributed by atoms with Gasteiger partial charge in [0.15, 0.2) is 0 Å². The number of hydrogen-bond donors (Lipinski definition) is 0. The molecule has 0 amide bonds. The second-order valence-electron chi connectivity index (χ2n) is 5.54. The quantitative estimate of drug-likeness (QED) is 0.435. The second-order valence-corrected chi connectivity index (χ2v) is 5.54. The topological polar surface area (TPSA) is 13.1 Å². The van der Waals surface area contributed by atoms with Gasteiger partial charge in [-0.3, -0.25) is 0 Å². The van der Waals surface area contributed by atoms with Gasteiger partial charge in [0.25, 0.3) is 0 Å². The lowest BCUT2D eigenvalue weighted by Crippen LogP contribution is -1.76. The third kappa shape index (κ3) is 2.11. The molecule has 1 heteroatoms. The van der Waals surface area contributed by atoms with E-state index >= 15 is 0 Å². The highest BCUT2D eigenvalue weighted by atomic mass is 16.3. The molecular formula is C21H16O. The first-order valence-electron chi connectivity index (χ1n) is 7.47. The van der Waals surface area contributed by atoms with Crippen molar-refractivity contribution in [3.05, 3.63) is 84.4 Å². The first kappa shape index (κ1) is 12.9. The van der Waals surface area contributed by atoms with Crippen molar-refractivity contribution in [3.63, 3.8) is 0 Å². The Morgan fingerprint density at radius 3 is 1.64 bits per heavy atom. The van der Waals surface area contributed by atoms with Crippen LogP contribution in [-0.4, -0.2) is 0 Å². The van der Waals surface area contributed by atoms with Gasteiger partial charge in [0, 0.05) is 21.9 Å². The number of hydrogen-bond acceptors (Lipinski definition) is 1. The fourth-order valence-corrected chi connectivity index (χ4v) is 2.81. The Morgan fingerprint density at radius 2 is 1.05 bits per heavy atom. The molecule has 0 atom stereocenters. The number of aryl methyl sites for hydroxylation is 1. The minimum Gasteiger partial charge on any atom is -0.455 e. The van der Waals surface area contributed by atoms with Crippen LogP contribution in [0.3, 0.4) is 0 Å². The van der Waals surface area contributed by atoms with Crippen molar-refractivity contribution in [1.82, 2.24) is 0 Å². The highest BCUT2D eigenvalue weighted by Crippen LogP contribution is 2.38. The van der Waals surface area contributed by atoms with Crippen LogP contribution in [0.5, 0.6) is 0 Å². The van der Waals surface area contributed by atoms with Crippen molar-refractivity contribution >= 4 is 10.8 Å². The largest absolute Gasteiger partial charge is 0.455 e. The van der Waals surface area contributed by atoms with Crippen molar-refractivity contribution in [2.75, 3.05) is 0 Å². The zero-order valence-electron chi connectivity index (χ0n) is 12.4. The molecule has 1 heterocycles. The summed E-state index contributed by atoms with van der Waals surface area (Å²) in [6.45, 7) is 2.10. The molecule has 0 aliphatic rings. The molecule has 106 valence electrons. The van der Waals surface area contributed by atoms with Crippen molar-refractivity contribution < 1.29 is 4.42 Å². The SMILES string of the molecule is Cc1ccc(-c2oc(-c3ccccc3)c3ccccc23)cc1. The van der Waals surface area contributed by atoms with Gasteiger partial charge in [0.2, 0.25) is 0 Å². The van der Waals surface area contributed by atoms with Crippen LogP contribution in [0.2, 0.25) is 0 Å². The lowest BCUT2D eigenvalue weighted by Gasteiger charge is -1.99. The average Bonchev–Trinajstić information content (AvgIpc) is 2.96. The van der Waals surface area contributed by atoms with E-state index in [1.807, 2.05) is 18.2 Å². The molecule has 0 saturated heterocycles.